The minimum Gasteiger partial charge on any atom is -0.326 e. The third-order valence-electron chi connectivity index (χ3n) is 3.23. The number of thiophene rings is 1. The molecule has 1 aliphatic rings. The summed E-state index contributed by atoms with van der Waals surface area (Å²) < 4.78 is 27.2. The third kappa shape index (κ3) is 2.88. The fourth-order valence-corrected chi connectivity index (χ4v) is 4.87. The molecule has 17 heavy (non-hydrogen) atoms. The van der Waals surface area contributed by atoms with Crippen LogP contribution in [0.2, 0.25) is 0 Å². The van der Waals surface area contributed by atoms with Crippen LogP contribution in [0.5, 0.6) is 0 Å². The largest absolute Gasteiger partial charge is 0.326 e. The second-order valence-corrected chi connectivity index (χ2v) is 7.50. The molecular weight excluding hydrogens is 256 g/mol. The number of hydrogen-bond acceptors (Lipinski definition) is 4. The smallest absolute Gasteiger partial charge is 0.241 e. The topological polar surface area (TPSA) is 72.2 Å². The fraction of sp³-hybridized carbons (Fsp3) is 0.636. The molecule has 1 aromatic heterocycles. The number of rotatable bonds is 4. The highest BCUT2D eigenvalue weighted by molar-refractivity contribution is 7.89. The molecule has 0 bridgehead atoms. The van der Waals surface area contributed by atoms with Crippen LogP contribution in [0.4, 0.5) is 0 Å². The van der Waals surface area contributed by atoms with Crippen LogP contribution in [0.1, 0.15) is 37.5 Å². The summed E-state index contributed by atoms with van der Waals surface area (Å²) in [6.07, 6.45) is 4.02. The summed E-state index contributed by atoms with van der Waals surface area (Å²) in [7, 11) is -3.39. The SMILES string of the molecule is CC1(NS(=O)(=O)c2csc(CN)c2)CCCC1. The molecule has 6 heteroatoms. The number of hydrogen-bond donors (Lipinski definition) is 2. The standard InChI is InChI=1S/C11H18N2O2S2/c1-11(4-2-3-5-11)13-17(14,15)10-6-9(7-12)16-8-10/h6,8,13H,2-5,7,12H2,1H3. The molecule has 1 saturated carbocycles. The fourth-order valence-electron chi connectivity index (χ4n) is 2.25. The van der Waals surface area contributed by atoms with Gasteiger partial charge in [0.15, 0.2) is 0 Å². The number of sulfonamides is 1. The van der Waals surface area contributed by atoms with Crippen molar-refractivity contribution in [3.63, 3.8) is 0 Å². The van der Waals surface area contributed by atoms with Gasteiger partial charge in [-0.25, -0.2) is 13.1 Å². The van der Waals surface area contributed by atoms with Crippen LogP contribution in [0, 0.1) is 0 Å². The Kier molecular flexibility index (Phi) is 3.58. The quantitative estimate of drug-likeness (QED) is 0.879. The van der Waals surface area contributed by atoms with Gasteiger partial charge in [-0.15, -0.1) is 11.3 Å². The maximum atomic E-state index is 12.2. The van der Waals surface area contributed by atoms with Gasteiger partial charge in [0, 0.05) is 22.3 Å². The number of nitrogens with one attached hydrogen (secondary N) is 1. The van der Waals surface area contributed by atoms with E-state index in [2.05, 4.69) is 4.72 Å². The van der Waals surface area contributed by atoms with E-state index >= 15 is 0 Å². The van der Waals surface area contributed by atoms with Crippen molar-refractivity contribution < 1.29 is 8.42 Å². The zero-order valence-corrected chi connectivity index (χ0v) is 11.5. The first-order valence-corrected chi connectivity index (χ1v) is 8.13. The average Bonchev–Trinajstić information content (AvgIpc) is 2.85. The molecule has 0 aliphatic heterocycles. The molecule has 0 aromatic carbocycles. The first-order valence-electron chi connectivity index (χ1n) is 5.77. The van der Waals surface area contributed by atoms with Crippen molar-refractivity contribution in [2.45, 2.75) is 49.6 Å². The van der Waals surface area contributed by atoms with Gasteiger partial charge < -0.3 is 5.73 Å². The molecule has 1 heterocycles. The molecule has 1 aliphatic carbocycles. The van der Waals surface area contributed by atoms with Gasteiger partial charge in [-0.05, 0) is 25.8 Å². The Morgan fingerprint density at radius 2 is 2.12 bits per heavy atom. The van der Waals surface area contributed by atoms with Crippen molar-refractivity contribution in [1.82, 2.24) is 4.72 Å². The summed E-state index contributed by atoms with van der Waals surface area (Å²) in [5.41, 5.74) is 5.22. The molecule has 1 aromatic rings. The van der Waals surface area contributed by atoms with E-state index < -0.39 is 10.0 Å². The number of nitrogens with two attached hydrogens (primary N) is 1. The predicted molar refractivity (Wildman–Crippen MR) is 69.4 cm³/mol. The Hall–Kier alpha value is -0.430. The van der Waals surface area contributed by atoms with Crippen LogP contribution in [0.3, 0.4) is 0 Å². The molecule has 0 saturated heterocycles. The van der Waals surface area contributed by atoms with Gasteiger partial charge >= 0.3 is 0 Å². The van der Waals surface area contributed by atoms with Crippen molar-refractivity contribution in [3.8, 4) is 0 Å². The van der Waals surface area contributed by atoms with Crippen LogP contribution in [0.25, 0.3) is 0 Å². The molecular formula is C11H18N2O2S2. The zero-order valence-electron chi connectivity index (χ0n) is 9.90. The van der Waals surface area contributed by atoms with Crippen LogP contribution >= 0.6 is 11.3 Å². The molecule has 2 rings (SSSR count). The Balaban J connectivity index is 2.18. The van der Waals surface area contributed by atoms with Gasteiger partial charge in [0.05, 0.1) is 4.90 Å². The van der Waals surface area contributed by atoms with Gasteiger partial charge in [0.25, 0.3) is 0 Å². The minimum absolute atomic E-state index is 0.274. The molecule has 0 radical (unpaired) electrons. The summed E-state index contributed by atoms with van der Waals surface area (Å²) in [5, 5.41) is 1.66. The molecule has 96 valence electrons. The molecule has 1 fully saturated rings. The second kappa shape index (κ2) is 4.68. The van der Waals surface area contributed by atoms with Crippen molar-refractivity contribution in [3.05, 3.63) is 16.3 Å². The third-order valence-corrected chi connectivity index (χ3v) is 5.96. The first kappa shape index (κ1) is 13.0. The minimum atomic E-state index is -3.39. The first-order chi connectivity index (χ1) is 7.95. The molecule has 3 N–H and O–H groups in total. The highest BCUT2D eigenvalue weighted by atomic mass is 32.2. The van der Waals surface area contributed by atoms with E-state index in [0.717, 1.165) is 30.6 Å². The zero-order chi connectivity index (χ0) is 12.5. The predicted octanol–water partition coefficient (Wildman–Crippen LogP) is 1.82. The van der Waals surface area contributed by atoms with Gasteiger partial charge in [0.2, 0.25) is 10.0 Å². The van der Waals surface area contributed by atoms with E-state index in [1.54, 1.807) is 11.4 Å². The lowest BCUT2D eigenvalue weighted by Gasteiger charge is -2.24. The average molecular weight is 274 g/mol. The molecule has 0 amide bonds. The summed E-state index contributed by atoms with van der Waals surface area (Å²) in [5.74, 6) is 0. The van der Waals surface area contributed by atoms with Crippen molar-refractivity contribution in [2.24, 2.45) is 5.73 Å². The van der Waals surface area contributed by atoms with Crippen molar-refractivity contribution in [1.29, 1.82) is 0 Å². The van der Waals surface area contributed by atoms with Crippen molar-refractivity contribution >= 4 is 21.4 Å². The highest BCUT2D eigenvalue weighted by Gasteiger charge is 2.33. The molecule has 0 spiro atoms. The Bertz CT molecular complexity index is 487. The summed E-state index contributed by atoms with van der Waals surface area (Å²) >= 11 is 1.39. The van der Waals surface area contributed by atoms with Crippen molar-refractivity contribution in [2.75, 3.05) is 0 Å². The molecule has 0 unspecified atom stereocenters. The summed E-state index contributed by atoms with van der Waals surface area (Å²) in [6.45, 7) is 2.37. The Morgan fingerprint density at radius 3 is 2.65 bits per heavy atom. The second-order valence-electron chi connectivity index (χ2n) is 4.83. The van der Waals surface area contributed by atoms with E-state index in [9.17, 15) is 8.42 Å². The Morgan fingerprint density at radius 1 is 1.47 bits per heavy atom. The van der Waals surface area contributed by atoms with E-state index in [-0.39, 0.29) is 5.54 Å². The van der Waals surface area contributed by atoms with Crippen LogP contribution in [-0.2, 0) is 16.6 Å². The Labute approximate surface area is 106 Å². The highest BCUT2D eigenvalue weighted by Crippen LogP contribution is 2.31. The van der Waals surface area contributed by atoms with Gasteiger partial charge in [-0.3, -0.25) is 0 Å². The maximum absolute atomic E-state index is 12.2. The van der Waals surface area contributed by atoms with Crippen LogP contribution in [-0.4, -0.2) is 14.0 Å². The molecule has 4 nitrogen and oxygen atoms in total. The summed E-state index contributed by atoms with van der Waals surface area (Å²) in [4.78, 5) is 1.23. The van der Waals surface area contributed by atoms with E-state index in [1.165, 1.54) is 11.3 Å². The summed E-state index contributed by atoms with van der Waals surface area (Å²) in [6, 6.07) is 1.66. The van der Waals surface area contributed by atoms with E-state index in [1.807, 2.05) is 6.92 Å². The van der Waals surface area contributed by atoms with Crippen LogP contribution < -0.4 is 10.5 Å². The lowest BCUT2D eigenvalue weighted by atomic mass is 10.0. The van der Waals surface area contributed by atoms with E-state index in [0.29, 0.717) is 11.4 Å². The van der Waals surface area contributed by atoms with Gasteiger partial charge in [-0.1, -0.05) is 12.8 Å². The lowest BCUT2D eigenvalue weighted by Crippen LogP contribution is -2.43. The normalized spacial score (nSPS) is 19.6. The lowest BCUT2D eigenvalue weighted by molar-refractivity contribution is 0.427. The maximum Gasteiger partial charge on any atom is 0.241 e. The van der Waals surface area contributed by atoms with Gasteiger partial charge in [0.1, 0.15) is 0 Å². The monoisotopic (exact) mass is 274 g/mol. The van der Waals surface area contributed by atoms with Crippen LogP contribution in [0.15, 0.2) is 16.3 Å². The van der Waals surface area contributed by atoms with Gasteiger partial charge in [-0.2, -0.15) is 0 Å². The molecule has 0 atom stereocenters. The van der Waals surface area contributed by atoms with E-state index in [4.69, 9.17) is 5.73 Å².